The average Bonchev–Trinajstić information content (AvgIpc) is 2.12. The third-order valence-corrected chi connectivity index (χ3v) is 3.79. The van der Waals surface area contributed by atoms with Crippen molar-refractivity contribution in [1.29, 1.82) is 0 Å². The Balaban J connectivity index is 1.63. The zero-order valence-corrected chi connectivity index (χ0v) is 9.54. The van der Waals surface area contributed by atoms with Gasteiger partial charge in [0.2, 0.25) is 0 Å². The van der Waals surface area contributed by atoms with Gasteiger partial charge in [0, 0.05) is 32.8 Å². The molecule has 2 aliphatic heterocycles. The fraction of sp³-hybridized carbons (Fsp3) is 1.00. The van der Waals surface area contributed by atoms with E-state index in [0.717, 1.165) is 31.0 Å². The molecule has 0 radical (unpaired) electrons. The van der Waals surface area contributed by atoms with Gasteiger partial charge in [-0.05, 0) is 30.6 Å². The minimum atomic E-state index is 0.876. The van der Waals surface area contributed by atoms with Crippen molar-refractivity contribution in [3.8, 4) is 0 Å². The molecule has 2 rings (SSSR count). The van der Waals surface area contributed by atoms with Crippen LogP contribution in [0.5, 0.6) is 0 Å². The van der Waals surface area contributed by atoms with E-state index in [1.807, 2.05) is 0 Å². The highest BCUT2D eigenvalue weighted by atomic mass is 16.5. The van der Waals surface area contributed by atoms with Gasteiger partial charge in [-0.25, -0.2) is 0 Å². The molecule has 0 atom stereocenters. The van der Waals surface area contributed by atoms with E-state index < -0.39 is 0 Å². The molecule has 0 aromatic heterocycles. The second kappa shape index (κ2) is 4.63. The highest BCUT2D eigenvalue weighted by Crippen LogP contribution is 2.26. The summed E-state index contributed by atoms with van der Waals surface area (Å²) >= 11 is 0. The smallest absolute Gasteiger partial charge is 0.0469 e. The van der Waals surface area contributed by atoms with Gasteiger partial charge in [-0.1, -0.05) is 13.8 Å². The van der Waals surface area contributed by atoms with Gasteiger partial charge in [0.1, 0.15) is 0 Å². The van der Waals surface area contributed by atoms with E-state index >= 15 is 0 Å². The minimum absolute atomic E-state index is 0.876. The van der Waals surface area contributed by atoms with Crippen LogP contribution in [0.4, 0.5) is 0 Å². The summed E-state index contributed by atoms with van der Waals surface area (Å²) < 4.78 is 5.37. The Hall–Kier alpha value is -0.0800. The summed E-state index contributed by atoms with van der Waals surface area (Å²) in [6, 6.07) is 0. The summed E-state index contributed by atoms with van der Waals surface area (Å²) in [5.74, 6) is 2.76. The van der Waals surface area contributed by atoms with Crippen molar-refractivity contribution in [2.24, 2.45) is 17.8 Å². The Morgan fingerprint density at radius 2 is 1.86 bits per heavy atom. The fourth-order valence-electron chi connectivity index (χ4n) is 2.47. The number of likely N-dealkylation sites (tertiary alicyclic amines) is 1. The van der Waals surface area contributed by atoms with Crippen LogP contribution in [0.2, 0.25) is 0 Å². The summed E-state index contributed by atoms with van der Waals surface area (Å²) in [5.41, 5.74) is 0. The monoisotopic (exact) mass is 197 g/mol. The maximum Gasteiger partial charge on any atom is 0.0469 e. The van der Waals surface area contributed by atoms with Gasteiger partial charge in [0.25, 0.3) is 0 Å². The molecule has 0 unspecified atom stereocenters. The summed E-state index contributed by atoms with van der Waals surface area (Å²) in [4.78, 5) is 2.63. The molecule has 82 valence electrons. The predicted octanol–water partition coefficient (Wildman–Crippen LogP) is 2.00. The van der Waals surface area contributed by atoms with Crippen molar-refractivity contribution in [2.45, 2.75) is 26.7 Å². The zero-order chi connectivity index (χ0) is 9.97. The number of ether oxygens (including phenoxy) is 1. The number of hydrogen-bond donors (Lipinski definition) is 0. The molecule has 0 aromatic carbocycles. The summed E-state index contributed by atoms with van der Waals surface area (Å²) in [7, 11) is 0. The third-order valence-electron chi connectivity index (χ3n) is 3.79. The molecule has 2 fully saturated rings. The molecule has 0 saturated carbocycles. The van der Waals surface area contributed by atoms with Crippen molar-refractivity contribution < 1.29 is 4.74 Å². The molecular formula is C12H23NO. The summed E-state index contributed by atoms with van der Waals surface area (Å²) in [6.07, 6.45) is 2.56. The van der Waals surface area contributed by atoms with Crippen molar-refractivity contribution in [3.05, 3.63) is 0 Å². The van der Waals surface area contributed by atoms with Gasteiger partial charge >= 0.3 is 0 Å². The van der Waals surface area contributed by atoms with Crippen molar-refractivity contribution in [2.75, 3.05) is 32.8 Å². The molecule has 0 N–H and O–H groups in total. The molecule has 2 heterocycles. The topological polar surface area (TPSA) is 12.5 Å². The highest BCUT2D eigenvalue weighted by molar-refractivity contribution is 4.83. The molecule has 0 amide bonds. The van der Waals surface area contributed by atoms with Crippen molar-refractivity contribution in [1.82, 2.24) is 4.90 Å². The molecule has 0 bridgehead atoms. The maximum atomic E-state index is 5.37. The molecule has 2 heteroatoms. The van der Waals surface area contributed by atoms with E-state index in [2.05, 4.69) is 18.7 Å². The number of nitrogens with zero attached hydrogens (tertiary/aromatic N) is 1. The van der Waals surface area contributed by atoms with E-state index in [1.165, 1.54) is 32.5 Å². The standard InChI is InChI=1S/C12H23NO/c1-10(2)12-8-13(9-12)7-11-3-5-14-6-4-11/h10-12H,3-9H2,1-2H3. The molecule has 0 aliphatic carbocycles. The van der Waals surface area contributed by atoms with E-state index in [-0.39, 0.29) is 0 Å². The van der Waals surface area contributed by atoms with Crippen LogP contribution in [0.25, 0.3) is 0 Å². The third kappa shape index (κ3) is 2.48. The quantitative estimate of drug-likeness (QED) is 0.686. The second-order valence-corrected chi connectivity index (χ2v) is 5.28. The SMILES string of the molecule is CC(C)C1CN(CC2CCOCC2)C1. The first-order valence-corrected chi connectivity index (χ1v) is 6.06. The Bertz CT molecular complexity index is 169. The van der Waals surface area contributed by atoms with Crippen molar-refractivity contribution >= 4 is 0 Å². The first-order chi connectivity index (χ1) is 6.75. The molecule has 2 saturated heterocycles. The van der Waals surface area contributed by atoms with Gasteiger partial charge in [-0.15, -0.1) is 0 Å². The van der Waals surface area contributed by atoms with Gasteiger partial charge in [0.15, 0.2) is 0 Å². The van der Waals surface area contributed by atoms with Gasteiger partial charge in [0.05, 0.1) is 0 Å². The average molecular weight is 197 g/mol. The molecule has 0 spiro atoms. The summed E-state index contributed by atoms with van der Waals surface area (Å²) in [5, 5.41) is 0. The molecule has 14 heavy (non-hydrogen) atoms. The van der Waals surface area contributed by atoms with Crippen LogP contribution in [-0.2, 0) is 4.74 Å². The summed E-state index contributed by atoms with van der Waals surface area (Å²) in [6.45, 7) is 10.7. The largest absolute Gasteiger partial charge is 0.381 e. The first kappa shape index (κ1) is 10.4. The lowest BCUT2D eigenvalue weighted by Crippen LogP contribution is -2.50. The van der Waals surface area contributed by atoms with E-state index in [1.54, 1.807) is 0 Å². The molecule has 2 aliphatic rings. The van der Waals surface area contributed by atoms with E-state index in [9.17, 15) is 0 Å². The van der Waals surface area contributed by atoms with Gasteiger partial charge in [-0.3, -0.25) is 0 Å². The number of hydrogen-bond acceptors (Lipinski definition) is 2. The molecule has 2 nitrogen and oxygen atoms in total. The fourth-order valence-corrected chi connectivity index (χ4v) is 2.47. The lowest BCUT2D eigenvalue weighted by Gasteiger charge is -2.43. The molecular weight excluding hydrogens is 174 g/mol. The van der Waals surface area contributed by atoms with Crippen LogP contribution in [0.1, 0.15) is 26.7 Å². The zero-order valence-electron chi connectivity index (χ0n) is 9.54. The number of rotatable bonds is 3. The van der Waals surface area contributed by atoms with E-state index in [4.69, 9.17) is 4.74 Å². The van der Waals surface area contributed by atoms with E-state index in [0.29, 0.717) is 0 Å². The van der Waals surface area contributed by atoms with Crippen LogP contribution < -0.4 is 0 Å². The second-order valence-electron chi connectivity index (χ2n) is 5.28. The lowest BCUT2D eigenvalue weighted by atomic mass is 9.87. The minimum Gasteiger partial charge on any atom is -0.381 e. The predicted molar refractivity (Wildman–Crippen MR) is 58.3 cm³/mol. The van der Waals surface area contributed by atoms with Gasteiger partial charge < -0.3 is 9.64 Å². The van der Waals surface area contributed by atoms with Crippen LogP contribution in [0.15, 0.2) is 0 Å². The van der Waals surface area contributed by atoms with Crippen LogP contribution >= 0.6 is 0 Å². The Morgan fingerprint density at radius 1 is 1.21 bits per heavy atom. The maximum absolute atomic E-state index is 5.37. The first-order valence-electron chi connectivity index (χ1n) is 6.06. The van der Waals surface area contributed by atoms with Crippen molar-refractivity contribution in [3.63, 3.8) is 0 Å². The Labute approximate surface area is 87.6 Å². The highest BCUT2D eigenvalue weighted by Gasteiger charge is 2.30. The van der Waals surface area contributed by atoms with Crippen LogP contribution in [0, 0.1) is 17.8 Å². The Kier molecular flexibility index (Phi) is 3.45. The Morgan fingerprint density at radius 3 is 2.43 bits per heavy atom. The lowest BCUT2D eigenvalue weighted by molar-refractivity contribution is 0.0142. The van der Waals surface area contributed by atoms with Crippen LogP contribution in [-0.4, -0.2) is 37.7 Å². The normalized spacial score (nSPS) is 26.8. The van der Waals surface area contributed by atoms with Crippen LogP contribution in [0.3, 0.4) is 0 Å². The van der Waals surface area contributed by atoms with Gasteiger partial charge in [-0.2, -0.15) is 0 Å². The molecule has 0 aromatic rings.